The predicted molar refractivity (Wildman–Crippen MR) is 57.8 cm³/mol. The predicted octanol–water partition coefficient (Wildman–Crippen LogP) is 1.74. The van der Waals surface area contributed by atoms with Gasteiger partial charge >= 0.3 is 0 Å². The molecule has 0 N–H and O–H groups in total. The summed E-state index contributed by atoms with van der Waals surface area (Å²) in [5, 5.41) is 1.35. The zero-order valence-electron chi connectivity index (χ0n) is 8.20. The first-order valence-corrected chi connectivity index (χ1v) is 6.19. The van der Waals surface area contributed by atoms with Gasteiger partial charge in [0.2, 0.25) is 0 Å². The molecular formula is C8H19BrOSi. The van der Waals surface area contributed by atoms with E-state index in [1.165, 1.54) is 0 Å². The fraction of sp³-hybridized carbons (Fsp3) is 1.00. The Kier molecular flexibility index (Phi) is 4.30. The van der Waals surface area contributed by atoms with Crippen molar-refractivity contribution >= 4 is 26.2 Å². The van der Waals surface area contributed by atoms with Crippen LogP contribution in [0.1, 0.15) is 27.7 Å². The summed E-state index contributed by atoms with van der Waals surface area (Å²) in [6, 6.07) is 0. The van der Waals surface area contributed by atoms with Gasteiger partial charge in [0, 0.05) is 22.2 Å². The van der Waals surface area contributed by atoms with E-state index in [4.69, 9.17) is 4.74 Å². The van der Waals surface area contributed by atoms with E-state index in [2.05, 4.69) is 36.7 Å². The maximum absolute atomic E-state index is 5.69. The van der Waals surface area contributed by atoms with E-state index < -0.39 is 0 Å². The Labute approximate surface area is 81.4 Å². The van der Waals surface area contributed by atoms with Crippen molar-refractivity contribution < 1.29 is 4.74 Å². The molecule has 0 amide bonds. The van der Waals surface area contributed by atoms with Crippen LogP contribution in [0.3, 0.4) is 0 Å². The maximum Gasteiger partial charge on any atom is 0.0654 e. The summed E-state index contributed by atoms with van der Waals surface area (Å²) in [5.41, 5.74) is 0.0114. The second-order valence-corrected chi connectivity index (χ2v) is 6.73. The number of hydrogen-bond acceptors (Lipinski definition) is 1. The van der Waals surface area contributed by atoms with Gasteiger partial charge in [0.25, 0.3) is 0 Å². The number of rotatable bonds is 4. The molecule has 0 fully saturated rings. The van der Waals surface area contributed by atoms with Gasteiger partial charge in [-0.2, -0.15) is 0 Å². The lowest BCUT2D eigenvalue weighted by atomic mass is 9.93. The van der Waals surface area contributed by atoms with Crippen LogP contribution in [0, 0.1) is 0 Å². The monoisotopic (exact) mass is 238 g/mol. The topological polar surface area (TPSA) is 9.23 Å². The van der Waals surface area contributed by atoms with Crippen molar-refractivity contribution in [3.63, 3.8) is 0 Å². The average Bonchev–Trinajstić information content (AvgIpc) is 1.87. The molecule has 0 aromatic heterocycles. The zero-order chi connectivity index (χ0) is 9.12. The average molecular weight is 239 g/mol. The minimum Gasteiger partial charge on any atom is -0.376 e. The molecule has 0 aromatic rings. The van der Waals surface area contributed by atoms with Crippen molar-refractivity contribution in [2.45, 2.75) is 38.3 Å². The summed E-state index contributed by atoms with van der Waals surface area (Å²) in [4.78, 5) is 0. The van der Waals surface area contributed by atoms with Gasteiger partial charge in [-0.1, -0.05) is 22.9 Å². The van der Waals surface area contributed by atoms with Crippen LogP contribution in [0.5, 0.6) is 0 Å². The quantitative estimate of drug-likeness (QED) is 0.536. The van der Waals surface area contributed by atoms with Crippen LogP contribution < -0.4 is 0 Å². The Bertz CT molecular complexity index is 123. The molecule has 0 aliphatic heterocycles. The molecule has 0 saturated carbocycles. The number of ether oxygens (including phenoxy) is 1. The summed E-state index contributed by atoms with van der Waals surface area (Å²) < 4.78 is 5.69. The molecule has 1 nitrogen and oxygen atoms in total. The van der Waals surface area contributed by atoms with E-state index in [1.54, 1.807) is 0 Å². The molecule has 68 valence electrons. The van der Waals surface area contributed by atoms with Crippen molar-refractivity contribution in [1.82, 2.24) is 0 Å². The molecule has 3 heteroatoms. The largest absolute Gasteiger partial charge is 0.376 e. The molecule has 0 aromatic carbocycles. The Morgan fingerprint density at radius 3 is 2.09 bits per heavy atom. The smallest absolute Gasteiger partial charge is 0.0654 e. The van der Waals surface area contributed by atoms with E-state index in [9.17, 15) is 0 Å². The second kappa shape index (κ2) is 4.05. The van der Waals surface area contributed by atoms with E-state index >= 15 is 0 Å². The van der Waals surface area contributed by atoms with Gasteiger partial charge in [0.1, 0.15) is 0 Å². The molecule has 11 heavy (non-hydrogen) atoms. The number of alkyl halides is 1. The highest BCUT2D eigenvalue weighted by Crippen LogP contribution is 2.39. The normalized spacial score (nSPS) is 18.3. The lowest BCUT2D eigenvalue weighted by Gasteiger charge is -2.40. The molecule has 1 atom stereocenters. The highest BCUT2D eigenvalue weighted by atomic mass is 79.9. The molecule has 0 aliphatic rings. The number of halogens is 1. The molecule has 1 unspecified atom stereocenters. The maximum atomic E-state index is 5.69. The molecule has 0 radical (unpaired) electrons. The standard InChI is InChI=1S/C8H19BrOSi/c1-5-10-7(2,3)8(4,11)6-9/h5-6H2,1-4,11H3. The van der Waals surface area contributed by atoms with Crippen LogP contribution in [0.4, 0.5) is 0 Å². The lowest BCUT2D eigenvalue weighted by molar-refractivity contribution is -0.0351. The molecule has 0 aliphatic carbocycles. The summed E-state index contributed by atoms with van der Waals surface area (Å²) >= 11 is 3.53. The fourth-order valence-corrected chi connectivity index (χ4v) is 1.54. The summed E-state index contributed by atoms with van der Waals surface area (Å²) in [5.74, 6) is 0. The molecule has 0 rings (SSSR count). The molecule has 0 spiro atoms. The van der Waals surface area contributed by atoms with Crippen LogP contribution in [-0.4, -0.2) is 27.8 Å². The third kappa shape index (κ3) is 2.88. The first-order valence-electron chi connectivity index (χ1n) is 4.07. The fourth-order valence-electron chi connectivity index (χ4n) is 0.717. The lowest BCUT2D eigenvalue weighted by Crippen LogP contribution is -2.40. The number of hydrogen-bond donors (Lipinski definition) is 0. The Balaban J connectivity index is 4.26. The molecule has 0 heterocycles. The van der Waals surface area contributed by atoms with Crippen LogP contribution in [0.15, 0.2) is 0 Å². The first kappa shape index (κ1) is 11.7. The summed E-state index contributed by atoms with van der Waals surface area (Å²) in [6.07, 6.45) is 0. The van der Waals surface area contributed by atoms with Crippen LogP contribution in [-0.2, 0) is 4.74 Å². The van der Waals surface area contributed by atoms with Gasteiger partial charge in [0.15, 0.2) is 0 Å². The van der Waals surface area contributed by atoms with Crippen LogP contribution in [0.2, 0.25) is 5.04 Å². The third-order valence-electron chi connectivity index (χ3n) is 2.47. The van der Waals surface area contributed by atoms with Gasteiger partial charge in [-0.3, -0.25) is 0 Å². The molecule has 0 bridgehead atoms. The second-order valence-electron chi connectivity index (χ2n) is 3.96. The highest BCUT2D eigenvalue weighted by Gasteiger charge is 2.36. The highest BCUT2D eigenvalue weighted by molar-refractivity contribution is 9.09. The van der Waals surface area contributed by atoms with Gasteiger partial charge in [-0.15, -0.1) is 0 Å². The Morgan fingerprint density at radius 1 is 1.36 bits per heavy atom. The third-order valence-corrected chi connectivity index (χ3v) is 6.46. The van der Waals surface area contributed by atoms with E-state index in [0.717, 1.165) is 22.2 Å². The van der Waals surface area contributed by atoms with Gasteiger partial charge in [-0.25, -0.2) is 0 Å². The van der Waals surface area contributed by atoms with Gasteiger partial charge in [-0.05, 0) is 25.8 Å². The minimum absolute atomic E-state index is 0.0114. The van der Waals surface area contributed by atoms with Crippen LogP contribution in [0.25, 0.3) is 0 Å². The summed E-state index contributed by atoms with van der Waals surface area (Å²) in [7, 11) is 1.15. The minimum atomic E-state index is 0.0114. The van der Waals surface area contributed by atoms with Crippen molar-refractivity contribution in [3.05, 3.63) is 0 Å². The van der Waals surface area contributed by atoms with Crippen molar-refractivity contribution in [3.8, 4) is 0 Å². The van der Waals surface area contributed by atoms with Gasteiger partial charge in [0.05, 0.1) is 5.60 Å². The van der Waals surface area contributed by atoms with Crippen molar-refractivity contribution in [2.75, 3.05) is 11.9 Å². The van der Waals surface area contributed by atoms with Crippen LogP contribution >= 0.6 is 15.9 Å². The van der Waals surface area contributed by atoms with E-state index in [1.807, 2.05) is 6.92 Å². The zero-order valence-corrected chi connectivity index (χ0v) is 11.8. The van der Waals surface area contributed by atoms with E-state index in [-0.39, 0.29) is 5.60 Å². The Morgan fingerprint density at radius 2 is 1.82 bits per heavy atom. The Hall–Kier alpha value is 0.657. The SMILES string of the molecule is CCOC(C)(C)C(C)([SiH3])CBr. The molecular weight excluding hydrogens is 220 g/mol. The summed E-state index contributed by atoms with van der Waals surface area (Å²) in [6.45, 7) is 9.46. The molecule has 0 saturated heterocycles. The van der Waals surface area contributed by atoms with Crippen molar-refractivity contribution in [2.24, 2.45) is 0 Å². The van der Waals surface area contributed by atoms with Gasteiger partial charge < -0.3 is 4.74 Å². The van der Waals surface area contributed by atoms with E-state index in [0.29, 0.717) is 5.04 Å². The van der Waals surface area contributed by atoms with Crippen molar-refractivity contribution in [1.29, 1.82) is 0 Å². The first-order chi connectivity index (χ1) is 4.87.